The number of aromatic nitrogens is 2. The van der Waals surface area contributed by atoms with Crippen molar-refractivity contribution in [1.82, 2.24) is 8.96 Å². The first-order valence-electron chi connectivity index (χ1n) is 9.73. The fraction of sp³-hybridized carbons (Fsp3) is 0.130. The third-order valence-electron chi connectivity index (χ3n) is 5.21. The van der Waals surface area contributed by atoms with Crippen LogP contribution in [-0.4, -0.2) is 24.6 Å². The lowest BCUT2D eigenvalue weighted by Crippen LogP contribution is -2.15. The average molecular weight is 527 g/mol. The Labute approximate surface area is 204 Å². The van der Waals surface area contributed by atoms with E-state index in [-0.39, 0.29) is 48.4 Å². The zero-order valence-electron chi connectivity index (χ0n) is 17.3. The van der Waals surface area contributed by atoms with Crippen LogP contribution in [0.2, 0.25) is 10.0 Å². The van der Waals surface area contributed by atoms with Gasteiger partial charge in [0.25, 0.3) is 0 Å². The lowest BCUT2D eigenvalue weighted by Gasteiger charge is -2.18. The molecule has 0 saturated carbocycles. The van der Waals surface area contributed by atoms with Crippen molar-refractivity contribution in [3.63, 3.8) is 0 Å². The molecule has 4 aromatic rings. The topological polar surface area (TPSA) is 72.2 Å². The fourth-order valence-corrected chi connectivity index (χ4v) is 5.49. The molecule has 2 atom stereocenters. The molecule has 2 aromatic heterocycles. The van der Waals surface area contributed by atoms with E-state index in [1.54, 1.807) is 30.3 Å². The van der Waals surface area contributed by atoms with E-state index in [9.17, 15) is 27.3 Å². The van der Waals surface area contributed by atoms with Crippen LogP contribution in [0.4, 0.5) is 13.2 Å². The maximum Gasteiger partial charge on any atom is 0.433 e. The van der Waals surface area contributed by atoms with Gasteiger partial charge in [0.05, 0.1) is 21.1 Å². The molecular weight excluding hydrogens is 512 g/mol. The van der Waals surface area contributed by atoms with Crippen LogP contribution < -0.4 is 0 Å². The van der Waals surface area contributed by atoms with Crippen molar-refractivity contribution in [2.45, 2.75) is 24.1 Å². The van der Waals surface area contributed by atoms with Gasteiger partial charge in [-0.15, -0.1) is 0 Å². The first kappa shape index (κ1) is 24.4. The molecule has 2 heterocycles. The molecule has 0 amide bonds. The normalized spacial score (nSPS) is 13.7. The van der Waals surface area contributed by atoms with Gasteiger partial charge in [-0.25, -0.2) is 9.19 Å². The third kappa shape index (κ3) is 4.24. The molecule has 0 bridgehead atoms. The molecule has 0 radical (unpaired) electrons. The zero-order chi connectivity index (χ0) is 24.8. The highest BCUT2D eigenvalue weighted by Crippen LogP contribution is 2.40. The van der Waals surface area contributed by atoms with Gasteiger partial charge in [0.2, 0.25) is 0 Å². The highest BCUT2D eigenvalue weighted by molar-refractivity contribution is 7.83. The van der Waals surface area contributed by atoms with E-state index in [1.165, 1.54) is 25.1 Å². The molecule has 1 N–H and O–H groups in total. The summed E-state index contributed by atoms with van der Waals surface area (Å²) in [5, 5.41) is 11.4. The zero-order valence-corrected chi connectivity index (χ0v) is 19.6. The molecule has 0 aliphatic rings. The fourth-order valence-electron chi connectivity index (χ4n) is 3.60. The van der Waals surface area contributed by atoms with Gasteiger partial charge in [-0.05, 0) is 43.3 Å². The number of aryl methyl sites for hydroxylation is 1. The smallest absolute Gasteiger partial charge is 0.382 e. The van der Waals surface area contributed by atoms with Crippen molar-refractivity contribution < 1.29 is 27.3 Å². The minimum Gasteiger partial charge on any atom is -0.382 e. The highest BCUT2D eigenvalue weighted by Gasteiger charge is 2.35. The van der Waals surface area contributed by atoms with Crippen LogP contribution in [0.25, 0.3) is 10.9 Å². The number of hydrogen-bond acceptors (Lipinski definition) is 4. The summed E-state index contributed by atoms with van der Waals surface area (Å²) >= 11 is 12.6. The maximum absolute atomic E-state index is 13.6. The summed E-state index contributed by atoms with van der Waals surface area (Å²) in [6.07, 6.45) is -5.88. The van der Waals surface area contributed by atoms with E-state index < -0.39 is 29.0 Å². The van der Waals surface area contributed by atoms with Crippen molar-refractivity contribution in [2.75, 3.05) is 0 Å². The number of aliphatic hydroxyl groups excluding tert-OH is 1. The van der Waals surface area contributed by atoms with Gasteiger partial charge in [0.1, 0.15) is 11.8 Å². The van der Waals surface area contributed by atoms with E-state index >= 15 is 0 Å². The number of alkyl halides is 3. The number of hydrogen-bond donors (Lipinski definition) is 1. The largest absolute Gasteiger partial charge is 0.433 e. The van der Waals surface area contributed by atoms with E-state index in [0.717, 1.165) is 10.0 Å². The lowest BCUT2D eigenvalue weighted by molar-refractivity contribution is -0.141. The second kappa shape index (κ2) is 9.14. The Morgan fingerprint density at radius 3 is 2.41 bits per heavy atom. The Kier molecular flexibility index (Phi) is 6.56. The van der Waals surface area contributed by atoms with Crippen LogP contribution in [0, 0.1) is 6.92 Å². The molecule has 2 aromatic carbocycles. The number of aldehydes is 1. The van der Waals surface area contributed by atoms with Crippen molar-refractivity contribution in [1.29, 1.82) is 0 Å². The second-order valence-corrected chi connectivity index (χ2v) is 9.45. The minimum atomic E-state index is -4.74. The molecular formula is C23H15Cl2F3N2O3S. The summed E-state index contributed by atoms with van der Waals surface area (Å²) in [6, 6.07) is 13.0. The van der Waals surface area contributed by atoms with Gasteiger partial charge >= 0.3 is 6.18 Å². The number of carbonyl (C=O) groups is 1. The van der Waals surface area contributed by atoms with E-state index in [1.807, 2.05) is 0 Å². The molecule has 0 aliphatic heterocycles. The van der Waals surface area contributed by atoms with Crippen LogP contribution in [0.15, 0.2) is 59.5 Å². The number of fused-ring (bicyclic) bond motifs is 1. The Hall–Kier alpha value is -2.72. The van der Waals surface area contributed by atoms with Crippen molar-refractivity contribution in [3.8, 4) is 0 Å². The minimum absolute atomic E-state index is 0.0243. The number of benzene rings is 2. The van der Waals surface area contributed by atoms with Crippen LogP contribution in [-0.2, 0) is 17.2 Å². The standard InChI is InChI=1S/C23H15Cl2F3N2O3S/c1-12-15-9-18(22(32)20-16(24)8-7-13(11-31)21(20)25)30(34(33)14-5-3-2-4-6-14)17(15)10-19(29-12)23(26,27)28/h2-11,22,32H,1H3. The molecule has 11 heteroatoms. The number of nitrogens with zero attached hydrogens (tertiary/aromatic N) is 2. The van der Waals surface area contributed by atoms with E-state index in [0.29, 0.717) is 6.29 Å². The van der Waals surface area contributed by atoms with Gasteiger partial charge in [-0.3, -0.25) is 8.77 Å². The Balaban J connectivity index is 2.05. The number of aliphatic hydroxyl groups is 1. The Morgan fingerprint density at radius 1 is 1.12 bits per heavy atom. The average Bonchev–Trinajstić information content (AvgIpc) is 3.19. The van der Waals surface area contributed by atoms with Gasteiger partial charge in [-0.2, -0.15) is 13.2 Å². The molecule has 5 nitrogen and oxygen atoms in total. The first-order valence-corrected chi connectivity index (χ1v) is 11.6. The SMILES string of the molecule is Cc1nc(C(F)(F)F)cc2c1cc(C(O)c1c(Cl)ccc(C=O)c1Cl)n2S(=O)c1ccccc1. The van der Waals surface area contributed by atoms with Crippen LogP contribution >= 0.6 is 23.2 Å². The summed E-state index contributed by atoms with van der Waals surface area (Å²) in [7, 11) is -2.05. The molecule has 176 valence electrons. The number of rotatable bonds is 5. The van der Waals surface area contributed by atoms with Gasteiger partial charge < -0.3 is 5.11 Å². The predicted molar refractivity (Wildman–Crippen MR) is 124 cm³/mol. The summed E-state index contributed by atoms with van der Waals surface area (Å²) < 4.78 is 55.2. The number of pyridine rings is 1. The quantitative estimate of drug-likeness (QED) is 0.317. The number of halogens is 5. The first-order chi connectivity index (χ1) is 16.0. The molecule has 0 saturated heterocycles. The molecule has 0 fully saturated rings. The molecule has 0 spiro atoms. The highest BCUT2D eigenvalue weighted by atomic mass is 35.5. The van der Waals surface area contributed by atoms with Crippen LogP contribution in [0.5, 0.6) is 0 Å². The van der Waals surface area contributed by atoms with E-state index in [2.05, 4.69) is 4.98 Å². The Bertz CT molecular complexity index is 1440. The predicted octanol–water partition coefficient (Wildman–Crippen LogP) is 6.14. The molecule has 4 rings (SSSR count). The maximum atomic E-state index is 13.6. The third-order valence-corrected chi connectivity index (χ3v) is 7.38. The molecule has 0 aliphatic carbocycles. The summed E-state index contributed by atoms with van der Waals surface area (Å²) in [6.45, 7) is 1.39. The summed E-state index contributed by atoms with van der Waals surface area (Å²) in [5.41, 5.74) is -1.20. The molecule has 34 heavy (non-hydrogen) atoms. The Morgan fingerprint density at radius 2 is 1.79 bits per heavy atom. The lowest BCUT2D eigenvalue weighted by atomic mass is 10.0. The van der Waals surface area contributed by atoms with Crippen molar-refractivity contribution >= 4 is 51.4 Å². The monoisotopic (exact) mass is 526 g/mol. The second-order valence-electron chi connectivity index (χ2n) is 7.33. The van der Waals surface area contributed by atoms with Gasteiger partial charge in [-0.1, -0.05) is 41.4 Å². The van der Waals surface area contributed by atoms with E-state index in [4.69, 9.17) is 23.2 Å². The van der Waals surface area contributed by atoms with Crippen molar-refractivity contribution in [3.05, 3.63) is 92.9 Å². The number of carbonyl (C=O) groups excluding carboxylic acids is 1. The van der Waals surface area contributed by atoms with Gasteiger partial charge in [0, 0.05) is 27.2 Å². The van der Waals surface area contributed by atoms with Crippen molar-refractivity contribution in [2.24, 2.45) is 0 Å². The van der Waals surface area contributed by atoms with Crippen LogP contribution in [0.1, 0.15) is 39.1 Å². The van der Waals surface area contributed by atoms with Gasteiger partial charge in [0.15, 0.2) is 17.3 Å². The summed E-state index contributed by atoms with van der Waals surface area (Å²) in [4.78, 5) is 15.3. The summed E-state index contributed by atoms with van der Waals surface area (Å²) in [5.74, 6) is 0. The molecule has 2 unspecified atom stereocenters. The van der Waals surface area contributed by atoms with Crippen LogP contribution in [0.3, 0.4) is 0 Å².